The van der Waals surface area contributed by atoms with Gasteiger partial charge in [-0.05, 0) is 18.6 Å². The van der Waals surface area contributed by atoms with Gasteiger partial charge in [-0.15, -0.1) is 0 Å². The molecule has 2 aliphatic heterocycles. The second kappa shape index (κ2) is 9.15. The van der Waals surface area contributed by atoms with Crippen LogP contribution in [0.2, 0.25) is 0 Å². The second-order valence-electron chi connectivity index (χ2n) is 6.19. The Morgan fingerprint density at radius 1 is 1.24 bits per heavy atom. The summed E-state index contributed by atoms with van der Waals surface area (Å²) in [6, 6.07) is 7.53. The van der Waals surface area contributed by atoms with Crippen LogP contribution in [0.4, 0.5) is 5.69 Å². The average molecular weight is 350 g/mol. The van der Waals surface area contributed by atoms with Crippen LogP contribution in [0.1, 0.15) is 16.8 Å². The number of morpholine rings is 1. The highest BCUT2D eigenvalue weighted by Crippen LogP contribution is 2.22. The normalized spacial score (nSPS) is 24.1. The highest BCUT2D eigenvalue weighted by atomic mass is 16.5. The number of hydrogen-bond donors (Lipinski definition) is 2. The van der Waals surface area contributed by atoms with E-state index in [-0.39, 0.29) is 31.3 Å². The molecular formula is C18H26N2O5. The van der Waals surface area contributed by atoms with Gasteiger partial charge in [0.1, 0.15) is 6.10 Å². The van der Waals surface area contributed by atoms with Gasteiger partial charge in [-0.25, -0.2) is 0 Å². The fourth-order valence-corrected chi connectivity index (χ4v) is 3.24. The standard InChI is InChI=1S/C18H26N2O5/c21-8-12-25-17-13-24-9-5-15(17)19-18(22)14-3-1-2-4-16(14)20-6-10-23-11-7-20/h1-4,15,17,21H,5-13H2,(H,19,22). The molecule has 2 fully saturated rings. The number of carbonyl (C=O) groups excluding carboxylic acids is 1. The monoisotopic (exact) mass is 350 g/mol. The molecule has 2 N–H and O–H groups in total. The van der Waals surface area contributed by atoms with E-state index in [9.17, 15) is 4.79 Å². The van der Waals surface area contributed by atoms with Crippen molar-refractivity contribution < 1.29 is 24.1 Å². The van der Waals surface area contributed by atoms with E-state index in [1.54, 1.807) is 0 Å². The Labute approximate surface area is 147 Å². The zero-order valence-electron chi connectivity index (χ0n) is 14.4. The van der Waals surface area contributed by atoms with Gasteiger partial charge in [0.15, 0.2) is 0 Å². The number of aliphatic hydroxyl groups excluding tert-OH is 1. The Hall–Kier alpha value is -1.67. The fraction of sp³-hybridized carbons (Fsp3) is 0.611. The summed E-state index contributed by atoms with van der Waals surface area (Å²) in [5.74, 6) is -0.105. The minimum atomic E-state index is -0.236. The molecule has 0 bridgehead atoms. The molecule has 1 aromatic carbocycles. The Kier molecular flexibility index (Phi) is 6.63. The number of aliphatic hydroxyl groups is 1. The van der Waals surface area contributed by atoms with Crippen LogP contribution in [-0.2, 0) is 14.2 Å². The molecule has 0 radical (unpaired) electrons. The molecule has 0 aromatic heterocycles. The van der Waals surface area contributed by atoms with Crippen LogP contribution in [0.5, 0.6) is 0 Å². The van der Waals surface area contributed by atoms with Crippen LogP contribution in [0.3, 0.4) is 0 Å². The van der Waals surface area contributed by atoms with E-state index in [1.807, 2.05) is 24.3 Å². The number of para-hydroxylation sites is 1. The SMILES string of the molecule is O=C(NC1CCOCC1OCCO)c1ccccc1N1CCOCC1. The molecule has 2 atom stereocenters. The van der Waals surface area contributed by atoms with Crippen LogP contribution in [0.25, 0.3) is 0 Å². The Morgan fingerprint density at radius 3 is 2.84 bits per heavy atom. The lowest BCUT2D eigenvalue weighted by molar-refractivity contribution is -0.0737. The van der Waals surface area contributed by atoms with Gasteiger partial charge in [0.2, 0.25) is 0 Å². The van der Waals surface area contributed by atoms with Gasteiger partial charge in [0, 0.05) is 25.4 Å². The number of carbonyl (C=O) groups is 1. The number of nitrogens with zero attached hydrogens (tertiary/aromatic N) is 1. The predicted molar refractivity (Wildman–Crippen MR) is 93.0 cm³/mol. The summed E-state index contributed by atoms with van der Waals surface area (Å²) in [6.45, 7) is 4.13. The van der Waals surface area contributed by atoms with Crippen molar-refractivity contribution in [1.29, 1.82) is 0 Å². The van der Waals surface area contributed by atoms with E-state index in [0.29, 0.717) is 38.4 Å². The average Bonchev–Trinajstić information content (AvgIpc) is 2.68. The molecule has 7 nitrogen and oxygen atoms in total. The predicted octanol–water partition coefficient (Wildman–Crippen LogP) is 0.419. The summed E-state index contributed by atoms with van der Waals surface area (Å²) in [5, 5.41) is 12.0. The zero-order chi connectivity index (χ0) is 17.5. The van der Waals surface area contributed by atoms with Crippen LogP contribution in [0.15, 0.2) is 24.3 Å². The second-order valence-corrected chi connectivity index (χ2v) is 6.19. The van der Waals surface area contributed by atoms with Gasteiger partial charge in [0.05, 0.1) is 44.6 Å². The maximum Gasteiger partial charge on any atom is 0.253 e. The van der Waals surface area contributed by atoms with Crippen LogP contribution in [0, 0.1) is 0 Å². The lowest BCUT2D eigenvalue weighted by Gasteiger charge is -2.33. The Morgan fingerprint density at radius 2 is 2.04 bits per heavy atom. The van der Waals surface area contributed by atoms with E-state index in [1.165, 1.54) is 0 Å². The summed E-state index contributed by atoms with van der Waals surface area (Å²) in [5.41, 5.74) is 1.60. The summed E-state index contributed by atoms with van der Waals surface area (Å²) in [4.78, 5) is 15.1. The van der Waals surface area contributed by atoms with Crippen LogP contribution >= 0.6 is 0 Å². The Bertz CT molecular complexity index is 562. The molecule has 2 saturated heterocycles. The number of anilines is 1. The Balaban J connectivity index is 1.69. The lowest BCUT2D eigenvalue weighted by Crippen LogP contribution is -2.50. The molecule has 7 heteroatoms. The maximum absolute atomic E-state index is 12.9. The van der Waals surface area contributed by atoms with Crippen molar-refractivity contribution in [2.75, 3.05) is 57.6 Å². The third kappa shape index (κ3) is 4.70. The number of nitrogens with one attached hydrogen (secondary N) is 1. The maximum atomic E-state index is 12.9. The van der Waals surface area contributed by atoms with Crippen molar-refractivity contribution in [3.63, 3.8) is 0 Å². The van der Waals surface area contributed by atoms with E-state index in [0.717, 1.165) is 18.8 Å². The van der Waals surface area contributed by atoms with E-state index < -0.39 is 0 Å². The summed E-state index contributed by atoms with van der Waals surface area (Å²) >= 11 is 0. The minimum Gasteiger partial charge on any atom is -0.394 e. The zero-order valence-corrected chi connectivity index (χ0v) is 14.4. The molecule has 0 spiro atoms. The largest absolute Gasteiger partial charge is 0.394 e. The highest BCUT2D eigenvalue weighted by molar-refractivity contribution is 6.00. The van der Waals surface area contributed by atoms with Gasteiger partial charge in [-0.1, -0.05) is 12.1 Å². The van der Waals surface area contributed by atoms with Gasteiger partial charge >= 0.3 is 0 Å². The molecule has 0 aliphatic carbocycles. The number of rotatable bonds is 6. The van der Waals surface area contributed by atoms with E-state index in [4.69, 9.17) is 19.3 Å². The summed E-state index contributed by atoms with van der Waals surface area (Å²) in [7, 11) is 0. The summed E-state index contributed by atoms with van der Waals surface area (Å²) in [6.07, 6.45) is 0.460. The fourth-order valence-electron chi connectivity index (χ4n) is 3.24. The van der Waals surface area contributed by atoms with Crippen molar-refractivity contribution >= 4 is 11.6 Å². The summed E-state index contributed by atoms with van der Waals surface area (Å²) < 4.78 is 16.4. The molecule has 1 amide bonds. The van der Waals surface area contributed by atoms with E-state index in [2.05, 4.69) is 10.2 Å². The van der Waals surface area contributed by atoms with Gasteiger partial charge in [-0.2, -0.15) is 0 Å². The number of benzene rings is 1. The quantitative estimate of drug-likeness (QED) is 0.774. The van der Waals surface area contributed by atoms with E-state index >= 15 is 0 Å². The molecule has 0 saturated carbocycles. The first-order chi connectivity index (χ1) is 12.3. The smallest absolute Gasteiger partial charge is 0.253 e. The molecule has 3 rings (SSSR count). The van der Waals surface area contributed by atoms with Gasteiger partial charge < -0.3 is 29.5 Å². The van der Waals surface area contributed by atoms with Crippen molar-refractivity contribution in [1.82, 2.24) is 5.32 Å². The highest BCUT2D eigenvalue weighted by Gasteiger charge is 2.29. The van der Waals surface area contributed by atoms with Crippen molar-refractivity contribution in [2.24, 2.45) is 0 Å². The van der Waals surface area contributed by atoms with Crippen molar-refractivity contribution in [3.8, 4) is 0 Å². The molecule has 2 heterocycles. The molecular weight excluding hydrogens is 324 g/mol. The third-order valence-electron chi connectivity index (χ3n) is 4.54. The topological polar surface area (TPSA) is 80.3 Å². The molecule has 2 unspecified atom stereocenters. The lowest BCUT2D eigenvalue weighted by atomic mass is 10.0. The van der Waals surface area contributed by atoms with Gasteiger partial charge in [-0.3, -0.25) is 4.79 Å². The molecule has 138 valence electrons. The number of ether oxygens (including phenoxy) is 3. The number of amides is 1. The van der Waals surface area contributed by atoms with Crippen molar-refractivity contribution in [3.05, 3.63) is 29.8 Å². The number of hydrogen-bond acceptors (Lipinski definition) is 6. The van der Waals surface area contributed by atoms with Crippen molar-refractivity contribution in [2.45, 2.75) is 18.6 Å². The minimum absolute atomic E-state index is 0.0446. The molecule has 1 aromatic rings. The third-order valence-corrected chi connectivity index (χ3v) is 4.54. The first-order valence-electron chi connectivity index (χ1n) is 8.82. The first kappa shape index (κ1) is 18.1. The van der Waals surface area contributed by atoms with Gasteiger partial charge in [0.25, 0.3) is 5.91 Å². The first-order valence-corrected chi connectivity index (χ1v) is 8.82. The molecule has 2 aliphatic rings. The van der Waals surface area contributed by atoms with Crippen LogP contribution < -0.4 is 10.2 Å². The molecule has 25 heavy (non-hydrogen) atoms. The van der Waals surface area contributed by atoms with Crippen LogP contribution in [-0.4, -0.2) is 75.9 Å².